The van der Waals surface area contributed by atoms with E-state index in [1.165, 1.54) is 29.2 Å². The van der Waals surface area contributed by atoms with Crippen molar-refractivity contribution in [2.75, 3.05) is 27.3 Å². The van der Waals surface area contributed by atoms with Crippen LogP contribution in [0.2, 0.25) is 0 Å². The number of rotatable bonds is 11. The lowest BCUT2D eigenvalue weighted by Crippen LogP contribution is -2.30. The number of hydrogen-bond acceptors (Lipinski definition) is 7. The first-order valence-corrected chi connectivity index (χ1v) is 11.7. The minimum atomic E-state index is -0.0544. The highest BCUT2D eigenvalue weighted by Crippen LogP contribution is 2.32. The van der Waals surface area contributed by atoms with Crippen molar-refractivity contribution in [2.24, 2.45) is 0 Å². The lowest BCUT2D eigenvalue weighted by molar-refractivity contribution is -0.118. The normalized spacial score (nSPS) is 10.7. The average Bonchev–Trinajstić information content (AvgIpc) is 2.83. The molecule has 33 heavy (non-hydrogen) atoms. The zero-order valence-electron chi connectivity index (χ0n) is 19.5. The molecule has 0 unspecified atom stereocenters. The Bertz CT molecular complexity index is 1050. The molecule has 8 heteroatoms. The Balaban J connectivity index is 1.72. The Morgan fingerprint density at radius 1 is 0.970 bits per heavy atom. The molecule has 2 aromatic carbocycles. The maximum absolute atomic E-state index is 11.0. The summed E-state index contributed by atoms with van der Waals surface area (Å²) < 4.78 is 11.0. The van der Waals surface area contributed by atoms with E-state index in [1.54, 1.807) is 26.0 Å². The van der Waals surface area contributed by atoms with E-state index in [2.05, 4.69) is 70.0 Å². The van der Waals surface area contributed by atoms with Crippen LogP contribution in [0.25, 0.3) is 11.1 Å². The van der Waals surface area contributed by atoms with Gasteiger partial charge in [0.15, 0.2) is 5.16 Å². The van der Waals surface area contributed by atoms with Crippen molar-refractivity contribution < 1.29 is 14.3 Å². The van der Waals surface area contributed by atoms with Crippen LogP contribution in [-0.2, 0) is 17.1 Å². The van der Waals surface area contributed by atoms with Crippen molar-refractivity contribution in [3.05, 3.63) is 65.2 Å². The van der Waals surface area contributed by atoms with Crippen molar-refractivity contribution in [1.82, 2.24) is 20.6 Å². The van der Waals surface area contributed by atoms with Crippen LogP contribution < -0.4 is 20.1 Å². The van der Waals surface area contributed by atoms with Crippen molar-refractivity contribution in [2.45, 2.75) is 31.3 Å². The predicted octanol–water partition coefficient (Wildman–Crippen LogP) is 3.99. The summed E-state index contributed by atoms with van der Waals surface area (Å²) in [7, 11) is 3.18. The van der Waals surface area contributed by atoms with Gasteiger partial charge in [-0.15, -0.1) is 0 Å². The number of ether oxygens (including phenoxy) is 2. The molecule has 1 aromatic heterocycles. The molecule has 0 bridgehead atoms. The summed E-state index contributed by atoms with van der Waals surface area (Å²) in [6, 6.07) is 16.8. The maximum atomic E-state index is 11.0. The van der Waals surface area contributed by atoms with E-state index in [9.17, 15) is 4.79 Å². The number of nitrogens with zero attached hydrogens (tertiary/aromatic N) is 2. The van der Waals surface area contributed by atoms with E-state index < -0.39 is 0 Å². The topological polar surface area (TPSA) is 85.4 Å². The maximum Gasteiger partial charge on any atom is 0.225 e. The summed E-state index contributed by atoms with van der Waals surface area (Å²) in [5, 5.41) is 6.60. The number of carbonyl (C=O) groups is 1. The molecule has 3 aromatic rings. The third kappa shape index (κ3) is 6.69. The molecule has 0 saturated heterocycles. The first-order valence-electron chi connectivity index (χ1n) is 10.7. The van der Waals surface area contributed by atoms with E-state index in [0.29, 0.717) is 36.6 Å². The summed E-state index contributed by atoms with van der Waals surface area (Å²) in [5.41, 5.74) is 5.65. The van der Waals surface area contributed by atoms with Crippen molar-refractivity contribution >= 4 is 17.7 Å². The Morgan fingerprint density at radius 3 is 2.30 bits per heavy atom. The lowest BCUT2D eigenvalue weighted by Gasteiger charge is -2.15. The number of benzene rings is 2. The lowest BCUT2D eigenvalue weighted by atomic mass is 9.97. The number of amides is 1. The van der Waals surface area contributed by atoms with Gasteiger partial charge in [-0.3, -0.25) is 4.79 Å². The van der Waals surface area contributed by atoms with Gasteiger partial charge in [-0.1, -0.05) is 60.3 Å². The number of carbonyl (C=O) groups excluding carboxylic acids is 1. The molecule has 2 N–H and O–H groups in total. The van der Waals surface area contributed by atoms with Gasteiger partial charge >= 0.3 is 0 Å². The molecule has 0 atom stereocenters. The van der Waals surface area contributed by atoms with Crippen LogP contribution in [0.15, 0.2) is 53.7 Å². The summed E-state index contributed by atoms with van der Waals surface area (Å²) in [6.45, 7) is 5.26. The molecule has 0 aliphatic heterocycles. The second-order valence-corrected chi connectivity index (χ2v) is 8.35. The number of hydrogen-bond donors (Lipinski definition) is 2. The molecular formula is C25H30N4O3S. The van der Waals surface area contributed by atoms with Gasteiger partial charge in [0, 0.05) is 32.3 Å². The van der Waals surface area contributed by atoms with Crippen LogP contribution in [-0.4, -0.2) is 43.2 Å². The Hall–Kier alpha value is -3.10. The molecule has 0 aliphatic rings. The highest BCUT2D eigenvalue weighted by Gasteiger charge is 2.17. The van der Waals surface area contributed by atoms with Crippen LogP contribution >= 0.6 is 11.8 Å². The summed E-state index contributed by atoms with van der Waals surface area (Å²) >= 11 is 1.54. The minimum Gasteiger partial charge on any atom is -0.481 e. The molecule has 174 valence electrons. The number of nitrogens with one attached hydrogen (secondary N) is 2. The van der Waals surface area contributed by atoms with E-state index in [4.69, 9.17) is 9.47 Å². The van der Waals surface area contributed by atoms with E-state index in [-0.39, 0.29) is 5.91 Å². The van der Waals surface area contributed by atoms with Gasteiger partial charge in [-0.2, -0.15) is 9.97 Å². The van der Waals surface area contributed by atoms with E-state index in [1.807, 2.05) is 6.07 Å². The second-order valence-electron chi connectivity index (χ2n) is 7.41. The molecule has 1 amide bonds. The van der Waals surface area contributed by atoms with Crippen molar-refractivity contribution in [3.63, 3.8) is 0 Å². The van der Waals surface area contributed by atoms with Crippen LogP contribution in [0, 0.1) is 6.92 Å². The first kappa shape index (κ1) is 24.5. The molecule has 0 spiro atoms. The Labute approximate surface area is 199 Å². The van der Waals surface area contributed by atoms with Crippen LogP contribution in [0.3, 0.4) is 0 Å². The third-order valence-corrected chi connectivity index (χ3v) is 6.06. The molecule has 0 fully saturated rings. The fraction of sp³-hybridized carbons (Fsp3) is 0.320. The Kier molecular flexibility index (Phi) is 9.09. The van der Waals surface area contributed by atoms with Gasteiger partial charge in [0.05, 0.1) is 19.8 Å². The molecule has 0 radical (unpaired) electrons. The largest absolute Gasteiger partial charge is 0.481 e. The zero-order valence-corrected chi connectivity index (χ0v) is 20.3. The van der Waals surface area contributed by atoms with Crippen molar-refractivity contribution in [1.29, 1.82) is 0 Å². The van der Waals surface area contributed by atoms with Crippen LogP contribution in [0.1, 0.15) is 23.6 Å². The average molecular weight is 467 g/mol. The summed E-state index contributed by atoms with van der Waals surface area (Å²) in [6.07, 6.45) is 0. The van der Waals surface area contributed by atoms with E-state index >= 15 is 0 Å². The number of thioether (sulfide) groups is 1. The SMILES string of the molecule is COc1nc(SCc2cccc(-c3ccccc3)c2C)nc(OC)c1CNCCNC(C)=O. The van der Waals surface area contributed by atoms with Gasteiger partial charge in [0.2, 0.25) is 17.7 Å². The molecule has 3 rings (SSSR count). The fourth-order valence-electron chi connectivity index (χ4n) is 3.43. The van der Waals surface area contributed by atoms with Crippen molar-refractivity contribution in [3.8, 4) is 22.9 Å². The molecule has 1 heterocycles. The second kappa shape index (κ2) is 12.2. The molecular weight excluding hydrogens is 436 g/mol. The molecule has 7 nitrogen and oxygen atoms in total. The minimum absolute atomic E-state index is 0.0544. The van der Waals surface area contributed by atoms with Gasteiger partial charge < -0.3 is 20.1 Å². The summed E-state index contributed by atoms with van der Waals surface area (Å²) in [5.74, 6) is 1.63. The highest BCUT2D eigenvalue weighted by atomic mass is 32.2. The number of aromatic nitrogens is 2. The Morgan fingerprint density at radius 2 is 1.67 bits per heavy atom. The molecule has 0 saturated carbocycles. The molecule has 0 aliphatic carbocycles. The quantitative estimate of drug-likeness (QED) is 0.251. The van der Waals surface area contributed by atoms with E-state index in [0.717, 1.165) is 11.3 Å². The standard InChI is InChI=1S/C25H30N4O3S/c1-17-20(11-8-12-21(17)19-9-6-5-7-10-19)16-33-25-28-23(31-3)22(24(29-25)32-4)15-26-13-14-27-18(2)30/h5-12,26H,13-16H2,1-4H3,(H,27,30). The van der Waals surface area contributed by atoms with Gasteiger partial charge in [-0.25, -0.2) is 0 Å². The zero-order chi connectivity index (χ0) is 23.6. The third-order valence-electron chi connectivity index (χ3n) is 5.16. The van der Waals surface area contributed by atoms with Gasteiger partial charge in [0.25, 0.3) is 0 Å². The first-order chi connectivity index (χ1) is 16.0. The smallest absolute Gasteiger partial charge is 0.225 e. The van der Waals surface area contributed by atoms with Gasteiger partial charge in [-0.05, 0) is 29.2 Å². The highest BCUT2D eigenvalue weighted by molar-refractivity contribution is 7.98. The van der Waals surface area contributed by atoms with Gasteiger partial charge in [0.1, 0.15) is 0 Å². The van der Waals surface area contributed by atoms with Crippen LogP contribution in [0.4, 0.5) is 0 Å². The van der Waals surface area contributed by atoms with Crippen LogP contribution in [0.5, 0.6) is 11.8 Å². The number of methoxy groups -OCH3 is 2. The summed E-state index contributed by atoms with van der Waals surface area (Å²) in [4.78, 5) is 20.2. The predicted molar refractivity (Wildman–Crippen MR) is 132 cm³/mol. The monoisotopic (exact) mass is 466 g/mol. The fourth-order valence-corrected chi connectivity index (χ4v) is 4.32.